The summed E-state index contributed by atoms with van der Waals surface area (Å²) in [5.41, 5.74) is 1.62. The van der Waals surface area contributed by atoms with Crippen LogP contribution >= 0.6 is 15.9 Å². The predicted molar refractivity (Wildman–Crippen MR) is 72.0 cm³/mol. The molecule has 4 nitrogen and oxygen atoms in total. The van der Waals surface area contributed by atoms with Crippen LogP contribution in [0.1, 0.15) is 22.8 Å². The first-order valence-corrected chi connectivity index (χ1v) is 6.25. The highest BCUT2D eigenvalue weighted by Crippen LogP contribution is 2.23. The molecule has 0 aliphatic carbocycles. The number of aromatic nitrogens is 2. The summed E-state index contributed by atoms with van der Waals surface area (Å²) in [5.74, 6) is 0.820. The van der Waals surface area contributed by atoms with Crippen molar-refractivity contribution in [2.24, 2.45) is 0 Å². The second-order valence-electron chi connectivity index (χ2n) is 3.94. The summed E-state index contributed by atoms with van der Waals surface area (Å²) in [6.45, 7) is 2.09. The van der Waals surface area contributed by atoms with Crippen LogP contribution in [0.3, 0.4) is 0 Å². The van der Waals surface area contributed by atoms with E-state index in [9.17, 15) is 4.79 Å². The zero-order valence-electron chi connectivity index (χ0n) is 10.2. The number of halogens is 1. The number of benzene rings is 1. The van der Waals surface area contributed by atoms with E-state index in [1.807, 2.05) is 18.2 Å². The molecule has 0 N–H and O–H groups in total. The molecule has 94 valence electrons. The van der Waals surface area contributed by atoms with Crippen molar-refractivity contribution in [1.29, 1.82) is 0 Å². The number of Topliss-reactive ketones (excluding diaryl/α,β-unsaturated/α-hetero) is 1. The van der Waals surface area contributed by atoms with Gasteiger partial charge < -0.3 is 4.74 Å². The number of hydrogen-bond acceptors (Lipinski definition) is 3. The van der Waals surface area contributed by atoms with E-state index in [4.69, 9.17) is 4.74 Å². The Morgan fingerprint density at radius 2 is 2.28 bits per heavy atom. The molecule has 0 aliphatic heterocycles. The highest BCUT2D eigenvalue weighted by Gasteiger charge is 2.07. The van der Waals surface area contributed by atoms with Crippen LogP contribution < -0.4 is 4.74 Å². The van der Waals surface area contributed by atoms with E-state index in [-0.39, 0.29) is 5.78 Å². The molecule has 0 spiro atoms. The molecular formula is C13H13BrN2O2. The highest BCUT2D eigenvalue weighted by atomic mass is 79.9. The van der Waals surface area contributed by atoms with Gasteiger partial charge in [-0.25, -0.2) is 0 Å². The van der Waals surface area contributed by atoms with Crippen molar-refractivity contribution in [3.63, 3.8) is 0 Å². The Morgan fingerprint density at radius 3 is 2.89 bits per heavy atom. The van der Waals surface area contributed by atoms with Crippen molar-refractivity contribution >= 4 is 21.7 Å². The van der Waals surface area contributed by atoms with Crippen LogP contribution in [0.15, 0.2) is 35.1 Å². The Kier molecular flexibility index (Phi) is 3.81. The second-order valence-corrected chi connectivity index (χ2v) is 4.85. The molecule has 5 heteroatoms. The zero-order chi connectivity index (χ0) is 13.1. The van der Waals surface area contributed by atoms with E-state index >= 15 is 0 Å². The van der Waals surface area contributed by atoms with Crippen molar-refractivity contribution < 1.29 is 9.53 Å². The summed E-state index contributed by atoms with van der Waals surface area (Å²) >= 11 is 3.43. The van der Waals surface area contributed by atoms with Crippen LogP contribution in [0.25, 0.3) is 0 Å². The highest BCUT2D eigenvalue weighted by molar-refractivity contribution is 9.10. The maximum Gasteiger partial charge on any atom is 0.162 e. The molecule has 1 aromatic carbocycles. The Morgan fingerprint density at radius 1 is 1.50 bits per heavy atom. The maximum atomic E-state index is 11.2. The maximum absolute atomic E-state index is 11.2. The molecule has 0 saturated carbocycles. The van der Waals surface area contributed by atoms with Crippen LogP contribution in [0, 0.1) is 0 Å². The third kappa shape index (κ3) is 2.79. The van der Waals surface area contributed by atoms with Gasteiger partial charge in [-0.3, -0.25) is 9.48 Å². The normalized spacial score (nSPS) is 10.4. The van der Waals surface area contributed by atoms with Crippen LogP contribution in [0.4, 0.5) is 0 Å². The number of hydrogen-bond donors (Lipinski definition) is 0. The Labute approximate surface area is 114 Å². The van der Waals surface area contributed by atoms with Gasteiger partial charge in [0.15, 0.2) is 5.78 Å². The molecular weight excluding hydrogens is 296 g/mol. The van der Waals surface area contributed by atoms with Crippen molar-refractivity contribution in [3.05, 3.63) is 46.2 Å². The fourth-order valence-electron chi connectivity index (χ4n) is 1.68. The first-order chi connectivity index (χ1) is 8.60. The minimum atomic E-state index is 0.0162. The number of methoxy groups -OCH3 is 1. The lowest BCUT2D eigenvalue weighted by molar-refractivity contribution is 0.101. The molecule has 18 heavy (non-hydrogen) atoms. The molecule has 2 rings (SSSR count). The summed E-state index contributed by atoms with van der Waals surface area (Å²) in [6, 6.07) is 5.80. The van der Waals surface area contributed by atoms with Gasteiger partial charge in [-0.2, -0.15) is 5.10 Å². The smallest absolute Gasteiger partial charge is 0.162 e. The lowest BCUT2D eigenvalue weighted by Crippen LogP contribution is -2.02. The molecule has 0 unspecified atom stereocenters. The van der Waals surface area contributed by atoms with Gasteiger partial charge in [0.2, 0.25) is 0 Å². The summed E-state index contributed by atoms with van der Waals surface area (Å²) in [7, 11) is 1.64. The number of ketones is 1. The van der Waals surface area contributed by atoms with Crippen LogP contribution in [0.2, 0.25) is 0 Å². The quantitative estimate of drug-likeness (QED) is 0.816. The molecule has 0 amide bonds. The van der Waals surface area contributed by atoms with Crippen molar-refractivity contribution in [3.8, 4) is 5.75 Å². The molecule has 0 fully saturated rings. The molecule has 0 radical (unpaired) electrons. The summed E-state index contributed by atoms with van der Waals surface area (Å²) in [4.78, 5) is 11.2. The summed E-state index contributed by atoms with van der Waals surface area (Å²) in [6.07, 6.45) is 3.31. The molecule has 2 aromatic rings. The van der Waals surface area contributed by atoms with Crippen molar-refractivity contribution in [2.75, 3.05) is 7.11 Å². The lowest BCUT2D eigenvalue weighted by Gasteiger charge is -2.08. The first kappa shape index (κ1) is 12.8. The second kappa shape index (κ2) is 5.35. The van der Waals surface area contributed by atoms with E-state index < -0.39 is 0 Å². The summed E-state index contributed by atoms with van der Waals surface area (Å²) < 4.78 is 8.00. The van der Waals surface area contributed by atoms with E-state index in [1.54, 1.807) is 24.2 Å². The van der Waals surface area contributed by atoms with Gasteiger partial charge in [-0.05, 0) is 25.1 Å². The molecule has 0 aliphatic rings. The van der Waals surface area contributed by atoms with Gasteiger partial charge in [0, 0.05) is 16.2 Å². The van der Waals surface area contributed by atoms with Crippen LogP contribution in [0.5, 0.6) is 5.75 Å². The summed E-state index contributed by atoms with van der Waals surface area (Å²) in [5, 5.41) is 4.16. The molecule has 1 heterocycles. The van der Waals surface area contributed by atoms with Crippen LogP contribution in [-0.2, 0) is 6.54 Å². The zero-order valence-corrected chi connectivity index (χ0v) is 11.8. The number of carbonyl (C=O) groups is 1. The van der Waals surface area contributed by atoms with Crippen molar-refractivity contribution in [1.82, 2.24) is 9.78 Å². The number of carbonyl (C=O) groups excluding carboxylic acids is 1. The topological polar surface area (TPSA) is 44.1 Å². The van der Waals surface area contributed by atoms with Gasteiger partial charge in [-0.1, -0.05) is 15.9 Å². The van der Waals surface area contributed by atoms with E-state index in [1.165, 1.54) is 6.92 Å². The largest absolute Gasteiger partial charge is 0.496 e. The first-order valence-electron chi connectivity index (χ1n) is 5.46. The van der Waals surface area contributed by atoms with E-state index in [0.29, 0.717) is 12.1 Å². The number of rotatable bonds is 4. The standard InChI is InChI=1S/C13H13BrN2O2/c1-9(17)11-6-15-16(8-11)7-10-5-12(14)3-4-13(10)18-2/h3-6,8H,7H2,1-2H3. The number of ether oxygens (including phenoxy) is 1. The minimum Gasteiger partial charge on any atom is -0.496 e. The van der Waals surface area contributed by atoms with Gasteiger partial charge in [0.1, 0.15) is 5.75 Å². The van der Waals surface area contributed by atoms with Gasteiger partial charge in [0.05, 0.1) is 25.4 Å². The minimum absolute atomic E-state index is 0.0162. The fourth-order valence-corrected chi connectivity index (χ4v) is 2.09. The molecule has 0 bridgehead atoms. The van der Waals surface area contributed by atoms with E-state index in [2.05, 4.69) is 21.0 Å². The van der Waals surface area contributed by atoms with Gasteiger partial charge in [0.25, 0.3) is 0 Å². The third-order valence-corrected chi connectivity index (χ3v) is 3.11. The Balaban J connectivity index is 2.27. The predicted octanol–water partition coefficient (Wildman–Crippen LogP) is 2.91. The molecule has 1 aromatic heterocycles. The lowest BCUT2D eigenvalue weighted by atomic mass is 10.2. The monoisotopic (exact) mass is 308 g/mol. The van der Waals surface area contributed by atoms with Crippen molar-refractivity contribution in [2.45, 2.75) is 13.5 Å². The Hall–Kier alpha value is -1.62. The third-order valence-electron chi connectivity index (χ3n) is 2.61. The number of nitrogens with zero attached hydrogens (tertiary/aromatic N) is 2. The van der Waals surface area contributed by atoms with Crippen LogP contribution in [-0.4, -0.2) is 22.7 Å². The SMILES string of the molecule is COc1ccc(Br)cc1Cn1cc(C(C)=O)cn1. The molecule has 0 saturated heterocycles. The Bertz CT molecular complexity index is 578. The molecule has 0 atom stereocenters. The average Bonchev–Trinajstić information content (AvgIpc) is 2.78. The van der Waals surface area contributed by atoms with Gasteiger partial charge >= 0.3 is 0 Å². The van der Waals surface area contributed by atoms with Gasteiger partial charge in [-0.15, -0.1) is 0 Å². The fraction of sp³-hybridized carbons (Fsp3) is 0.231. The van der Waals surface area contributed by atoms with E-state index in [0.717, 1.165) is 15.8 Å². The average molecular weight is 309 g/mol.